The Labute approximate surface area is 102 Å². The predicted octanol–water partition coefficient (Wildman–Crippen LogP) is 4.59. The molecule has 1 aromatic rings. The van der Waals surface area contributed by atoms with Crippen LogP contribution in [0.5, 0.6) is 0 Å². The second kappa shape index (κ2) is 6.05. The molecule has 0 fully saturated rings. The van der Waals surface area contributed by atoms with Gasteiger partial charge in [-0.1, -0.05) is 49.0 Å². The maximum atomic E-state index is 6.08. The maximum Gasteiger partial charge on any atom is 0.0453 e. The lowest BCUT2D eigenvalue weighted by Gasteiger charge is -2.06. The molecule has 80 valence electrons. The average molecular weight is 241 g/mol. The molecule has 0 radical (unpaired) electrons. The molecule has 0 aromatic heterocycles. The fourth-order valence-electron chi connectivity index (χ4n) is 1.34. The molecule has 1 unspecified atom stereocenters. The van der Waals surface area contributed by atoms with Crippen LogP contribution in [-0.4, -0.2) is 0 Å². The van der Waals surface area contributed by atoms with Crippen molar-refractivity contribution in [3.05, 3.63) is 33.8 Å². The van der Waals surface area contributed by atoms with Crippen molar-refractivity contribution in [2.24, 2.45) is 5.92 Å². The van der Waals surface area contributed by atoms with Crippen molar-refractivity contribution < 1.29 is 0 Å². The molecule has 0 nitrogen and oxygen atoms in total. The molecule has 0 aliphatic heterocycles. The molecular weight excluding hydrogens is 227 g/mol. The van der Waals surface area contributed by atoms with Gasteiger partial charge in [-0.2, -0.15) is 0 Å². The normalized spacial score (nSPS) is 11.7. The van der Waals surface area contributed by atoms with Crippen molar-refractivity contribution in [3.8, 4) is 11.8 Å². The molecular formula is C13H14Cl2. The van der Waals surface area contributed by atoms with E-state index in [1.165, 1.54) is 0 Å². The largest absolute Gasteiger partial charge is 0.103 e. The van der Waals surface area contributed by atoms with Crippen LogP contribution in [0.3, 0.4) is 0 Å². The van der Waals surface area contributed by atoms with E-state index >= 15 is 0 Å². The van der Waals surface area contributed by atoms with Crippen LogP contribution in [0.1, 0.15) is 25.8 Å². The zero-order valence-corrected chi connectivity index (χ0v) is 10.5. The van der Waals surface area contributed by atoms with Gasteiger partial charge in [-0.05, 0) is 24.1 Å². The van der Waals surface area contributed by atoms with Crippen LogP contribution in [0.25, 0.3) is 0 Å². The summed E-state index contributed by atoms with van der Waals surface area (Å²) in [7, 11) is 0. The molecule has 2 heteroatoms. The first-order chi connectivity index (χ1) is 7.13. The van der Waals surface area contributed by atoms with E-state index in [1.807, 2.05) is 12.1 Å². The Morgan fingerprint density at radius 3 is 2.67 bits per heavy atom. The summed E-state index contributed by atoms with van der Waals surface area (Å²) in [6.45, 7) is 4.16. The smallest absolute Gasteiger partial charge is 0.0453 e. The van der Waals surface area contributed by atoms with Gasteiger partial charge in [-0.3, -0.25) is 0 Å². The minimum atomic E-state index is 0.337. The highest BCUT2D eigenvalue weighted by atomic mass is 35.5. The van der Waals surface area contributed by atoms with Gasteiger partial charge in [-0.15, -0.1) is 5.92 Å². The lowest BCUT2D eigenvalue weighted by Crippen LogP contribution is -1.97. The second-order valence-corrected chi connectivity index (χ2v) is 4.36. The standard InChI is InChI=1S/C13H14Cl2/c1-3-4-5-10(2)8-11-6-7-12(14)9-13(11)15/h6-7,9-10H,3,8H2,1-2H3. The van der Waals surface area contributed by atoms with Gasteiger partial charge in [0.1, 0.15) is 0 Å². The number of hydrogen-bond donors (Lipinski definition) is 0. The van der Waals surface area contributed by atoms with E-state index in [-0.39, 0.29) is 0 Å². The van der Waals surface area contributed by atoms with Crippen LogP contribution < -0.4 is 0 Å². The lowest BCUT2D eigenvalue weighted by molar-refractivity contribution is 0.749. The summed E-state index contributed by atoms with van der Waals surface area (Å²) in [5, 5.41) is 1.41. The summed E-state index contributed by atoms with van der Waals surface area (Å²) in [4.78, 5) is 0. The fraction of sp³-hybridized carbons (Fsp3) is 0.385. The molecule has 0 heterocycles. The molecule has 1 rings (SSSR count). The summed E-state index contributed by atoms with van der Waals surface area (Å²) < 4.78 is 0. The maximum absolute atomic E-state index is 6.08. The molecule has 0 saturated heterocycles. The van der Waals surface area contributed by atoms with Crippen LogP contribution >= 0.6 is 23.2 Å². The first-order valence-electron chi connectivity index (χ1n) is 5.05. The monoisotopic (exact) mass is 240 g/mol. The van der Waals surface area contributed by atoms with Crippen molar-refractivity contribution in [1.82, 2.24) is 0 Å². The Morgan fingerprint density at radius 1 is 1.33 bits per heavy atom. The third-order valence-corrected chi connectivity index (χ3v) is 2.65. The summed E-state index contributed by atoms with van der Waals surface area (Å²) in [5.74, 6) is 6.60. The van der Waals surface area contributed by atoms with Gasteiger partial charge >= 0.3 is 0 Å². The fourth-order valence-corrected chi connectivity index (χ4v) is 1.83. The number of hydrogen-bond acceptors (Lipinski definition) is 0. The van der Waals surface area contributed by atoms with E-state index in [9.17, 15) is 0 Å². The first-order valence-corrected chi connectivity index (χ1v) is 5.81. The van der Waals surface area contributed by atoms with Gasteiger partial charge in [0, 0.05) is 22.4 Å². The third-order valence-electron chi connectivity index (χ3n) is 2.07. The van der Waals surface area contributed by atoms with Crippen LogP contribution in [-0.2, 0) is 6.42 Å². The minimum absolute atomic E-state index is 0.337. The molecule has 15 heavy (non-hydrogen) atoms. The van der Waals surface area contributed by atoms with Crippen LogP contribution in [0.2, 0.25) is 10.0 Å². The van der Waals surface area contributed by atoms with Crippen LogP contribution in [0, 0.1) is 17.8 Å². The average Bonchev–Trinajstić information content (AvgIpc) is 2.19. The Hall–Kier alpha value is -0.640. The Morgan fingerprint density at radius 2 is 2.07 bits per heavy atom. The van der Waals surface area contributed by atoms with Gasteiger partial charge in [0.05, 0.1) is 0 Å². The van der Waals surface area contributed by atoms with Crippen molar-refractivity contribution in [1.29, 1.82) is 0 Å². The van der Waals surface area contributed by atoms with Crippen molar-refractivity contribution in [2.75, 3.05) is 0 Å². The molecule has 1 aromatic carbocycles. The second-order valence-electron chi connectivity index (χ2n) is 3.52. The Kier molecular flexibility index (Phi) is 5.02. The van der Waals surface area contributed by atoms with Gasteiger partial charge in [-0.25, -0.2) is 0 Å². The highest BCUT2D eigenvalue weighted by molar-refractivity contribution is 6.35. The van der Waals surface area contributed by atoms with Gasteiger partial charge < -0.3 is 0 Å². The van der Waals surface area contributed by atoms with Gasteiger partial charge in [0.15, 0.2) is 0 Å². The van der Waals surface area contributed by atoms with E-state index in [0.29, 0.717) is 10.9 Å². The van der Waals surface area contributed by atoms with Crippen LogP contribution in [0.15, 0.2) is 18.2 Å². The van der Waals surface area contributed by atoms with Gasteiger partial charge in [0.25, 0.3) is 0 Å². The zero-order chi connectivity index (χ0) is 11.3. The first kappa shape index (κ1) is 12.4. The van der Waals surface area contributed by atoms with Crippen LogP contribution in [0.4, 0.5) is 0 Å². The Balaban J connectivity index is 2.72. The van der Waals surface area contributed by atoms with E-state index in [1.54, 1.807) is 6.07 Å². The molecule has 0 aliphatic rings. The quantitative estimate of drug-likeness (QED) is 0.664. The number of benzene rings is 1. The third kappa shape index (κ3) is 4.16. The highest BCUT2D eigenvalue weighted by Crippen LogP contribution is 2.23. The van der Waals surface area contributed by atoms with E-state index in [2.05, 4.69) is 25.7 Å². The molecule has 0 N–H and O–H groups in total. The summed E-state index contributed by atoms with van der Waals surface area (Å²) in [5.41, 5.74) is 1.11. The molecule has 0 bridgehead atoms. The van der Waals surface area contributed by atoms with Crippen molar-refractivity contribution in [3.63, 3.8) is 0 Å². The number of rotatable bonds is 2. The molecule has 0 saturated carbocycles. The summed E-state index contributed by atoms with van der Waals surface area (Å²) in [6, 6.07) is 5.61. The minimum Gasteiger partial charge on any atom is -0.103 e. The zero-order valence-electron chi connectivity index (χ0n) is 8.98. The van der Waals surface area contributed by atoms with E-state index in [0.717, 1.165) is 23.4 Å². The van der Waals surface area contributed by atoms with E-state index < -0.39 is 0 Å². The van der Waals surface area contributed by atoms with Crippen molar-refractivity contribution in [2.45, 2.75) is 26.7 Å². The summed E-state index contributed by atoms with van der Waals surface area (Å²) in [6.07, 6.45) is 1.78. The number of halogens is 2. The topological polar surface area (TPSA) is 0 Å². The predicted molar refractivity (Wildman–Crippen MR) is 67.4 cm³/mol. The van der Waals surface area contributed by atoms with Gasteiger partial charge in [0.2, 0.25) is 0 Å². The SMILES string of the molecule is CCC#CC(C)Cc1ccc(Cl)cc1Cl. The molecule has 0 amide bonds. The summed E-state index contributed by atoms with van der Waals surface area (Å²) >= 11 is 11.9. The Bertz CT molecular complexity index is 385. The highest BCUT2D eigenvalue weighted by Gasteiger charge is 2.04. The van der Waals surface area contributed by atoms with Crippen molar-refractivity contribution >= 4 is 23.2 Å². The lowest BCUT2D eigenvalue weighted by atomic mass is 10.0. The van der Waals surface area contributed by atoms with E-state index in [4.69, 9.17) is 23.2 Å². The molecule has 0 aliphatic carbocycles. The molecule has 0 spiro atoms. The molecule has 1 atom stereocenters.